The van der Waals surface area contributed by atoms with E-state index in [0.29, 0.717) is 11.8 Å². The second-order valence-electron chi connectivity index (χ2n) is 3.98. The molecule has 0 rings (SSSR count). The molecule has 1 heteroatoms. The molecule has 0 heterocycles. The van der Waals surface area contributed by atoms with Crippen molar-refractivity contribution in [2.75, 3.05) is 0 Å². The minimum atomic E-state index is -0.579. The molecule has 0 aromatic heterocycles. The molecule has 0 N–H and O–H groups in total. The van der Waals surface area contributed by atoms with Crippen LogP contribution in [0.1, 0.15) is 47.0 Å². The molecule has 0 fully saturated rings. The van der Waals surface area contributed by atoms with Crippen molar-refractivity contribution in [2.45, 2.75) is 53.1 Å². The van der Waals surface area contributed by atoms with Gasteiger partial charge in [-0.3, -0.25) is 0 Å². The summed E-state index contributed by atoms with van der Waals surface area (Å²) in [6, 6.07) is 0. The predicted octanol–water partition coefficient (Wildman–Crippen LogP) is 3.81. The highest BCUT2D eigenvalue weighted by atomic mass is 19.1. The molecule has 0 aliphatic carbocycles. The fourth-order valence-electron chi connectivity index (χ4n) is 1.21. The van der Waals surface area contributed by atoms with E-state index in [1.807, 2.05) is 0 Å². The molecule has 0 nitrogen and oxygen atoms in total. The van der Waals surface area contributed by atoms with Gasteiger partial charge in [0.05, 0.1) is 0 Å². The first kappa shape index (κ1) is 10.9. The van der Waals surface area contributed by atoms with Crippen LogP contribution in [0.2, 0.25) is 0 Å². The standard InChI is InChI=1S/C10H21F/c1-5-9(4)7-10(11)6-8(2)3/h8-10H,5-7H2,1-4H3/t9?,10-/m1/s1. The van der Waals surface area contributed by atoms with Crippen LogP contribution < -0.4 is 0 Å². The molecule has 0 aromatic rings. The highest BCUT2D eigenvalue weighted by molar-refractivity contribution is 4.62. The molecule has 0 radical (unpaired) electrons. The highest BCUT2D eigenvalue weighted by Crippen LogP contribution is 2.18. The fourth-order valence-corrected chi connectivity index (χ4v) is 1.21. The van der Waals surface area contributed by atoms with Gasteiger partial charge in [0, 0.05) is 0 Å². The summed E-state index contributed by atoms with van der Waals surface area (Å²) in [6.45, 7) is 8.38. The molecule has 2 atom stereocenters. The number of hydrogen-bond donors (Lipinski definition) is 0. The largest absolute Gasteiger partial charge is 0.247 e. The summed E-state index contributed by atoms with van der Waals surface area (Å²) in [4.78, 5) is 0. The van der Waals surface area contributed by atoms with E-state index in [-0.39, 0.29) is 0 Å². The summed E-state index contributed by atoms with van der Waals surface area (Å²) >= 11 is 0. The Bertz CT molecular complexity index is 88.9. The SMILES string of the molecule is CCC(C)C[C@H](F)CC(C)C. The minimum absolute atomic E-state index is 0.494. The van der Waals surface area contributed by atoms with Gasteiger partial charge in [0.1, 0.15) is 6.17 Å². The Morgan fingerprint density at radius 3 is 2.00 bits per heavy atom. The van der Waals surface area contributed by atoms with Gasteiger partial charge in [0.25, 0.3) is 0 Å². The van der Waals surface area contributed by atoms with Gasteiger partial charge in [0.2, 0.25) is 0 Å². The van der Waals surface area contributed by atoms with Crippen LogP contribution in [0, 0.1) is 11.8 Å². The lowest BCUT2D eigenvalue weighted by Gasteiger charge is -2.14. The maximum absolute atomic E-state index is 13.1. The van der Waals surface area contributed by atoms with Gasteiger partial charge in [-0.05, 0) is 24.7 Å². The summed E-state index contributed by atoms with van der Waals surface area (Å²) in [6.07, 6.45) is 1.99. The molecule has 11 heavy (non-hydrogen) atoms. The van der Waals surface area contributed by atoms with Crippen LogP contribution in [-0.2, 0) is 0 Å². The van der Waals surface area contributed by atoms with Crippen molar-refractivity contribution in [3.8, 4) is 0 Å². The monoisotopic (exact) mass is 160 g/mol. The topological polar surface area (TPSA) is 0 Å². The van der Waals surface area contributed by atoms with E-state index in [1.165, 1.54) is 0 Å². The normalized spacial score (nSPS) is 16.9. The molecular formula is C10H21F. The third-order valence-electron chi connectivity index (χ3n) is 2.08. The van der Waals surface area contributed by atoms with Crippen LogP contribution in [0.4, 0.5) is 4.39 Å². The lowest BCUT2D eigenvalue weighted by atomic mass is 9.96. The average molecular weight is 160 g/mol. The van der Waals surface area contributed by atoms with Crippen molar-refractivity contribution >= 4 is 0 Å². The van der Waals surface area contributed by atoms with Crippen molar-refractivity contribution in [2.24, 2.45) is 11.8 Å². The number of hydrogen-bond acceptors (Lipinski definition) is 0. The smallest absolute Gasteiger partial charge is 0.101 e. The number of halogens is 1. The third kappa shape index (κ3) is 6.33. The molecule has 0 spiro atoms. The maximum atomic E-state index is 13.1. The minimum Gasteiger partial charge on any atom is -0.247 e. The molecule has 0 bridgehead atoms. The van der Waals surface area contributed by atoms with Crippen molar-refractivity contribution in [1.82, 2.24) is 0 Å². The van der Waals surface area contributed by atoms with Crippen LogP contribution in [0.5, 0.6) is 0 Å². The van der Waals surface area contributed by atoms with E-state index in [9.17, 15) is 4.39 Å². The van der Waals surface area contributed by atoms with E-state index in [1.54, 1.807) is 0 Å². The zero-order valence-electron chi connectivity index (χ0n) is 8.23. The van der Waals surface area contributed by atoms with Crippen LogP contribution in [0.15, 0.2) is 0 Å². The Balaban J connectivity index is 3.43. The Labute approximate surface area is 70.2 Å². The Morgan fingerprint density at radius 2 is 1.64 bits per heavy atom. The fraction of sp³-hybridized carbons (Fsp3) is 1.00. The van der Waals surface area contributed by atoms with Gasteiger partial charge in [-0.15, -0.1) is 0 Å². The Hall–Kier alpha value is -0.0700. The number of rotatable bonds is 5. The van der Waals surface area contributed by atoms with Crippen LogP contribution in [0.3, 0.4) is 0 Å². The van der Waals surface area contributed by atoms with Crippen LogP contribution in [-0.4, -0.2) is 6.17 Å². The first-order valence-corrected chi connectivity index (χ1v) is 4.70. The maximum Gasteiger partial charge on any atom is 0.101 e. The van der Waals surface area contributed by atoms with Crippen molar-refractivity contribution in [1.29, 1.82) is 0 Å². The van der Waals surface area contributed by atoms with Crippen molar-refractivity contribution < 1.29 is 4.39 Å². The van der Waals surface area contributed by atoms with Gasteiger partial charge in [-0.1, -0.05) is 34.1 Å². The van der Waals surface area contributed by atoms with Crippen molar-refractivity contribution in [3.05, 3.63) is 0 Å². The van der Waals surface area contributed by atoms with E-state index in [0.717, 1.165) is 19.3 Å². The van der Waals surface area contributed by atoms with Crippen LogP contribution in [0.25, 0.3) is 0 Å². The van der Waals surface area contributed by atoms with Crippen molar-refractivity contribution in [3.63, 3.8) is 0 Å². The average Bonchev–Trinajstić information content (AvgIpc) is 1.85. The first-order chi connectivity index (χ1) is 5.06. The molecule has 0 aliphatic heterocycles. The zero-order valence-corrected chi connectivity index (χ0v) is 8.23. The van der Waals surface area contributed by atoms with Crippen LogP contribution >= 0.6 is 0 Å². The van der Waals surface area contributed by atoms with E-state index in [4.69, 9.17) is 0 Å². The first-order valence-electron chi connectivity index (χ1n) is 4.70. The zero-order chi connectivity index (χ0) is 8.85. The van der Waals surface area contributed by atoms with E-state index in [2.05, 4.69) is 27.7 Å². The molecule has 0 saturated carbocycles. The van der Waals surface area contributed by atoms with E-state index >= 15 is 0 Å². The molecule has 68 valence electrons. The Morgan fingerprint density at radius 1 is 1.09 bits per heavy atom. The van der Waals surface area contributed by atoms with Gasteiger partial charge in [-0.25, -0.2) is 4.39 Å². The second-order valence-corrected chi connectivity index (χ2v) is 3.98. The summed E-state index contributed by atoms with van der Waals surface area (Å²) in [5.41, 5.74) is 0. The lowest BCUT2D eigenvalue weighted by molar-refractivity contribution is 0.235. The molecule has 1 unspecified atom stereocenters. The Kier molecular flexibility index (Phi) is 5.53. The third-order valence-corrected chi connectivity index (χ3v) is 2.08. The summed E-state index contributed by atoms with van der Waals surface area (Å²) < 4.78 is 13.1. The molecule has 0 amide bonds. The van der Waals surface area contributed by atoms with Gasteiger partial charge in [0.15, 0.2) is 0 Å². The quantitative estimate of drug-likeness (QED) is 0.573. The summed E-state index contributed by atoms with van der Waals surface area (Å²) in [5.74, 6) is 1.04. The summed E-state index contributed by atoms with van der Waals surface area (Å²) in [7, 11) is 0. The second kappa shape index (κ2) is 5.56. The lowest BCUT2D eigenvalue weighted by Crippen LogP contribution is -2.09. The highest BCUT2D eigenvalue weighted by Gasteiger charge is 2.11. The van der Waals surface area contributed by atoms with E-state index < -0.39 is 6.17 Å². The predicted molar refractivity (Wildman–Crippen MR) is 48.4 cm³/mol. The molecule has 0 aliphatic rings. The molecule has 0 saturated heterocycles. The summed E-state index contributed by atoms with van der Waals surface area (Å²) in [5, 5.41) is 0. The molecule has 0 aromatic carbocycles. The van der Waals surface area contributed by atoms with Gasteiger partial charge >= 0.3 is 0 Å². The molecular weight excluding hydrogens is 139 g/mol. The number of alkyl halides is 1. The van der Waals surface area contributed by atoms with Gasteiger partial charge in [-0.2, -0.15) is 0 Å². The van der Waals surface area contributed by atoms with Gasteiger partial charge < -0.3 is 0 Å².